The quantitative estimate of drug-likeness (QED) is 0.172. The molecule has 0 saturated carbocycles. The van der Waals surface area contributed by atoms with Crippen LogP contribution in [0.15, 0.2) is 211 Å². The van der Waals surface area contributed by atoms with Gasteiger partial charge in [0.15, 0.2) is 0 Å². The molecular weight excluding hydrogens is 669 g/mol. The van der Waals surface area contributed by atoms with Gasteiger partial charge in [0.05, 0.1) is 11.0 Å². The molecule has 11 aromatic rings. The molecule has 0 spiro atoms. The van der Waals surface area contributed by atoms with Gasteiger partial charge < -0.3 is 13.9 Å². The molecule has 0 radical (unpaired) electrons. The van der Waals surface area contributed by atoms with Crippen LogP contribution in [0.25, 0.3) is 82.5 Å². The van der Waals surface area contributed by atoms with Crippen LogP contribution in [-0.4, -0.2) is 4.57 Å². The van der Waals surface area contributed by atoms with Crippen LogP contribution < -0.4 is 4.90 Å². The first kappa shape index (κ1) is 31.2. The number of anilines is 3. The monoisotopic (exact) mass is 702 g/mol. The van der Waals surface area contributed by atoms with Crippen molar-refractivity contribution in [1.29, 1.82) is 0 Å². The number of furan rings is 1. The van der Waals surface area contributed by atoms with Crippen molar-refractivity contribution in [1.82, 2.24) is 4.57 Å². The molecule has 0 amide bonds. The van der Waals surface area contributed by atoms with Crippen molar-refractivity contribution in [2.45, 2.75) is 0 Å². The number of hydrogen-bond acceptors (Lipinski definition) is 2. The second-order valence-electron chi connectivity index (χ2n) is 14.1. The van der Waals surface area contributed by atoms with E-state index in [1.54, 1.807) is 0 Å². The molecule has 2 aromatic heterocycles. The standard InChI is InChI=1S/C52H34N2O/c1-4-14-35(15-5-1)42-28-25-39(32-45(42)36-16-6-2-7-17-36)53(41-27-31-50-47(34-41)52-43-21-11-10-18-37(43)24-30-51(52)55-50)40-26-29-49-46(33-40)44-22-12-13-23-48(44)54(49)38-19-8-3-9-20-38/h1-34H. The summed E-state index contributed by atoms with van der Waals surface area (Å²) in [6.45, 7) is 0. The zero-order chi connectivity index (χ0) is 36.3. The predicted octanol–water partition coefficient (Wildman–Crippen LogP) is 14.6. The van der Waals surface area contributed by atoms with Gasteiger partial charge in [0.2, 0.25) is 0 Å². The highest BCUT2D eigenvalue weighted by Crippen LogP contribution is 2.45. The molecule has 0 unspecified atom stereocenters. The van der Waals surface area contributed by atoms with Gasteiger partial charge in [-0.15, -0.1) is 0 Å². The normalized spacial score (nSPS) is 11.6. The van der Waals surface area contributed by atoms with Crippen LogP contribution in [0.4, 0.5) is 17.1 Å². The Morgan fingerprint density at radius 1 is 0.364 bits per heavy atom. The molecule has 3 heteroatoms. The van der Waals surface area contributed by atoms with Crippen LogP contribution in [0.5, 0.6) is 0 Å². The number of nitrogens with zero attached hydrogens (tertiary/aromatic N) is 2. The van der Waals surface area contributed by atoms with Crippen LogP contribution in [0, 0.1) is 0 Å². The predicted molar refractivity (Wildman–Crippen MR) is 231 cm³/mol. The Hall–Kier alpha value is -7.36. The van der Waals surface area contributed by atoms with Crippen molar-refractivity contribution in [3.05, 3.63) is 206 Å². The minimum atomic E-state index is 0.876. The van der Waals surface area contributed by atoms with E-state index in [4.69, 9.17) is 4.42 Å². The van der Waals surface area contributed by atoms with Crippen molar-refractivity contribution in [2.24, 2.45) is 0 Å². The zero-order valence-electron chi connectivity index (χ0n) is 29.9. The summed E-state index contributed by atoms with van der Waals surface area (Å²) in [4.78, 5) is 2.40. The molecule has 0 aliphatic carbocycles. The first-order chi connectivity index (χ1) is 27.3. The highest BCUT2D eigenvalue weighted by atomic mass is 16.3. The maximum Gasteiger partial charge on any atom is 0.136 e. The van der Waals surface area contributed by atoms with Gasteiger partial charge in [-0.25, -0.2) is 0 Å². The molecule has 0 bridgehead atoms. The molecule has 2 heterocycles. The minimum Gasteiger partial charge on any atom is -0.456 e. The fourth-order valence-corrected chi connectivity index (χ4v) is 8.47. The third-order valence-corrected chi connectivity index (χ3v) is 11.0. The Balaban J connectivity index is 1.19. The van der Waals surface area contributed by atoms with Crippen molar-refractivity contribution >= 4 is 71.6 Å². The summed E-state index contributed by atoms with van der Waals surface area (Å²) in [6, 6.07) is 74.0. The Bertz CT molecular complexity index is 3200. The number of aromatic nitrogens is 1. The van der Waals surface area contributed by atoms with E-state index in [1.807, 2.05) is 0 Å². The van der Waals surface area contributed by atoms with Gasteiger partial charge in [0.1, 0.15) is 11.2 Å². The van der Waals surface area contributed by atoms with Gasteiger partial charge >= 0.3 is 0 Å². The fraction of sp³-hybridized carbons (Fsp3) is 0. The first-order valence-electron chi connectivity index (χ1n) is 18.8. The summed E-state index contributed by atoms with van der Waals surface area (Å²) in [6.07, 6.45) is 0. The third kappa shape index (κ3) is 5.13. The summed E-state index contributed by atoms with van der Waals surface area (Å²) in [5.74, 6) is 0. The lowest BCUT2D eigenvalue weighted by atomic mass is 9.93. The lowest BCUT2D eigenvalue weighted by Crippen LogP contribution is -2.10. The summed E-state index contributed by atoms with van der Waals surface area (Å²) in [7, 11) is 0. The second-order valence-corrected chi connectivity index (χ2v) is 14.1. The van der Waals surface area contributed by atoms with E-state index in [1.165, 1.54) is 54.8 Å². The van der Waals surface area contributed by atoms with Gasteiger partial charge in [-0.1, -0.05) is 133 Å². The topological polar surface area (TPSA) is 21.3 Å². The van der Waals surface area contributed by atoms with Crippen LogP contribution in [-0.2, 0) is 0 Å². The number of benzene rings is 9. The third-order valence-electron chi connectivity index (χ3n) is 11.0. The highest BCUT2D eigenvalue weighted by Gasteiger charge is 2.21. The fourth-order valence-electron chi connectivity index (χ4n) is 8.47. The smallest absolute Gasteiger partial charge is 0.136 e. The van der Waals surface area contributed by atoms with Crippen LogP contribution in [0.1, 0.15) is 0 Å². The maximum absolute atomic E-state index is 6.48. The summed E-state index contributed by atoms with van der Waals surface area (Å²) in [5.41, 5.74) is 13.2. The van der Waals surface area contributed by atoms with Crippen molar-refractivity contribution in [2.75, 3.05) is 4.90 Å². The molecule has 11 rings (SSSR count). The van der Waals surface area contributed by atoms with E-state index in [2.05, 4.69) is 216 Å². The average molecular weight is 703 g/mol. The second kappa shape index (κ2) is 12.6. The van der Waals surface area contributed by atoms with E-state index in [-0.39, 0.29) is 0 Å². The van der Waals surface area contributed by atoms with E-state index in [0.717, 1.165) is 44.7 Å². The van der Waals surface area contributed by atoms with Gasteiger partial charge in [0, 0.05) is 44.3 Å². The molecule has 3 nitrogen and oxygen atoms in total. The summed E-state index contributed by atoms with van der Waals surface area (Å²) in [5, 5.41) is 7.04. The largest absolute Gasteiger partial charge is 0.456 e. The van der Waals surface area contributed by atoms with E-state index in [0.29, 0.717) is 0 Å². The molecule has 0 saturated heterocycles. The van der Waals surface area contributed by atoms with Gasteiger partial charge in [-0.2, -0.15) is 0 Å². The molecule has 258 valence electrons. The average Bonchev–Trinajstić information content (AvgIpc) is 3.80. The van der Waals surface area contributed by atoms with Crippen molar-refractivity contribution < 1.29 is 4.42 Å². The number of rotatable bonds is 6. The van der Waals surface area contributed by atoms with Crippen LogP contribution in [0.2, 0.25) is 0 Å². The highest BCUT2D eigenvalue weighted by molar-refractivity contribution is 6.19. The molecule has 0 aliphatic heterocycles. The molecule has 0 atom stereocenters. The van der Waals surface area contributed by atoms with Gasteiger partial charge in [-0.3, -0.25) is 0 Å². The van der Waals surface area contributed by atoms with Gasteiger partial charge in [0.25, 0.3) is 0 Å². The van der Waals surface area contributed by atoms with E-state index in [9.17, 15) is 0 Å². The lowest BCUT2D eigenvalue weighted by Gasteiger charge is -2.27. The summed E-state index contributed by atoms with van der Waals surface area (Å²) >= 11 is 0. The van der Waals surface area contributed by atoms with Gasteiger partial charge in [-0.05, 0) is 106 Å². The molecule has 55 heavy (non-hydrogen) atoms. The Morgan fingerprint density at radius 3 is 1.71 bits per heavy atom. The molecule has 0 aliphatic rings. The number of para-hydroxylation sites is 2. The maximum atomic E-state index is 6.48. The Morgan fingerprint density at radius 2 is 0.927 bits per heavy atom. The Labute approximate surface area is 318 Å². The van der Waals surface area contributed by atoms with Crippen molar-refractivity contribution in [3.8, 4) is 27.9 Å². The zero-order valence-corrected chi connectivity index (χ0v) is 29.9. The van der Waals surface area contributed by atoms with Crippen LogP contribution in [0.3, 0.4) is 0 Å². The van der Waals surface area contributed by atoms with Crippen molar-refractivity contribution in [3.63, 3.8) is 0 Å². The lowest BCUT2D eigenvalue weighted by molar-refractivity contribution is 0.669. The minimum absolute atomic E-state index is 0.876. The number of fused-ring (bicyclic) bond motifs is 8. The Kier molecular flexibility index (Phi) is 7.17. The summed E-state index contributed by atoms with van der Waals surface area (Å²) < 4.78 is 8.85. The molecule has 0 N–H and O–H groups in total. The molecular formula is C52H34N2O. The number of hydrogen-bond donors (Lipinski definition) is 0. The first-order valence-corrected chi connectivity index (χ1v) is 18.8. The van der Waals surface area contributed by atoms with E-state index < -0.39 is 0 Å². The van der Waals surface area contributed by atoms with Crippen LogP contribution >= 0.6 is 0 Å². The molecule has 0 fully saturated rings. The SMILES string of the molecule is c1ccc(-c2ccc(N(c3ccc4oc5ccc6ccccc6c5c4c3)c3ccc4c(c3)c3ccccc3n4-c3ccccc3)cc2-c2ccccc2)cc1. The van der Waals surface area contributed by atoms with E-state index >= 15 is 0 Å². The molecule has 9 aromatic carbocycles.